The van der Waals surface area contributed by atoms with Crippen LogP contribution in [0.25, 0.3) is 60.9 Å². The average Bonchev–Trinajstić information content (AvgIpc) is 3.88. The number of aromatic nitrogens is 1. The van der Waals surface area contributed by atoms with Crippen molar-refractivity contribution in [2.45, 2.75) is 10.8 Å². The number of hydrogen-bond donors (Lipinski definition) is 0. The van der Waals surface area contributed by atoms with E-state index in [1.165, 1.54) is 105 Å². The number of fused-ring (bicyclic) bond motifs is 19. The average molecular weight is 722 g/mol. The van der Waals surface area contributed by atoms with Gasteiger partial charge < -0.3 is 4.57 Å². The smallest absolute Gasteiger partial charge is 0.0720 e. The van der Waals surface area contributed by atoms with Gasteiger partial charge in [-0.05, 0) is 96.6 Å². The third-order valence-corrected chi connectivity index (χ3v) is 13.5. The second-order valence-electron chi connectivity index (χ2n) is 15.9. The minimum atomic E-state index is -0.550. The molecular weight excluding hydrogens is 687 g/mol. The molecule has 1 nitrogen and oxygen atoms in total. The molecule has 1 aromatic heterocycles. The van der Waals surface area contributed by atoms with Crippen LogP contribution < -0.4 is 0 Å². The Balaban J connectivity index is 1.20. The minimum absolute atomic E-state index is 0.461. The summed E-state index contributed by atoms with van der Waals surface area (Å²) in [6.45, 7) is 0. The van der Waals surface area contributed by atoms with E-state index in [0.29, 0.717) is 0 Å². The molecule has 0 aliphatic heterocycles. The molecule has 2 spiro atoms. The molecule has 0 saturated heterocycles. The third kappa shape index (κ3) is 3.70. The van der Waals surface area contributed by atoms with Gasteiger partial charge in [0.2, 0.25) is 0 Å². The Labute approximate surface area is 331 Å². The maximum Gasteiger partial charge on any atom is 0.0720 e. The molecule has 57 heavy (non-hydrogen) atoms. The van der Waals surface area contributed by atoms with Gasteiger partial charge in [-0.1, -0.05) is 188 Å². The van der Waals surface area contributed by atoms with Gasteiger partial charge in [0.15, 0.2) is 0 Å². The second-order valence-corrected chi connectivity index (χ2v) is 15.9. The van der Waals surface area contributed by atoms with Crippen LogP contribution in [-0.2, 0) is 10.8 Å². The summed E-state index contributed by atoms with van der Waals surface area (Å²) in [6, 6.07) is 80.0. The lowest BCUT2D eigenvalue weighted by Crippen LogP contribution is -2.43. The molecule has 1 heterocycles. The van der Waals surface area contributed by atoms with Crippen LogP contribution in [0.3, 0.4) is 0 Å². The molecule has 0 amide bonds. The highest BCUT2D eigenvalue weighted by Crippen LogP contribution is 2.67. The Morgan fingerprint density at radius 1 is 0.263 bits per heavy atom. The maximum atomic E-state index is 2.56. The van der Waals surface area contributed by atoms with Crippen LogP contribution in [0.2, 0.25) is 0 Å². The molecule has 0 saturated carbocycles. The molecule has 3 aliphatic carbocycles. The van der Waals surface area contributed by atoms with E-state index in [2.05, 4.69) is 217 Å². The van der Waals surface area contributed by atoms with E-state index >= 15 is 0 Å². The van der Waals surface area contributed by atoms with Crippen LogP contribution in [0.1, 0.15) is 44.5 Å². The Bertz CT molecular complexity index is 3210. The fourth-order valence-electron chi connectivity index (χ4n) is 11.5. The summed E-state index contributed by atoms with van der Waals surface area (Å²) >= 11 is 0. The van der Waals surface area contributed by atoms with Gasteiger partial charge in [-0.15, -0.1) is 0 Å². The molecule has 3 aliphatic rings. The summed E-state index contributed by atoms with van der Waals surface area (Å²) in [5.74, 6) is 0. The Morgan fingerprint density at radius 3 is 1.26 bits per heavy atom. The van der Waals surface area contributed by atoms with Crippen LogP contribution in [0.15, 0.2) is 212 Å². The first-order valence-electron chi connectivity index (χ1n) is 20.0. The van der Waals surface area contributed by atoms with Crippen molar-refractivity contribution < 1.29 is 0 Å². The fourth-order valence-corrected chi connectivity index (χ4v) is 11.5. The molecule has 10 aromatic rings. The lowest BCUT2D eigenvalue weighted by atomic mass is 9.52. The molecule has 9 aromatic carbocycles. The maximum absolute atomic E-state index is 2.56. The number of para-hydroxylation sites is 2. The number of benzene rings is 9. The van der Waals surface area contributed by atoms with Crippen molar-refractivity contribution in [3.63, 3.8) is 0 Å². The van der Waals surface area contributed by atoms with Gasteiger partial charge in [-0.3, -0.25) is 0 Å². The topological polar surface area (TPSA) is 4.93 Å². The van der Waals surface area contributed by atoms with Crippen molar-refractivity contribution in [2.75, 3.05) is 0 Å². The highest BCUT2D eigenvalue weighted by molar-refractivity contribution is 6.12. The quantitative estimate of drug-likeness (QED) is 0.167. The standard InChI is InChI=1S/C56H35N/c1-2-18-36(19-3-1)37-20-7-16-32-52(37)57-53-33-17-8-24-41(53)43-34-42-40-23-6-11-27-46(40)56(51(42)35-54(43)57)49-30-14-12-28-47(49)55(48-29-13-15-31-50(48)56)44-25-9-4-21-38(44)39-22-5-10-26-45(39)55/h1-35H. The van der Waals surface area contributed by atoms with E-state index < -0.39 is 10.8 Å². The highest BCUT2D eigenvalue weighted by Gasteiger charge is 2.58. The van der Waals surface area contributed by atoms with Gasteiger partial charge in [-0.2, -0.15) is 0 Å². The lowest BCUT2D eigenvalue weighted by Gasteiger charge is -2.48. The van der Waals surface area contributed by atoms with Crippen LogP contribution in [0.4, 0.5) is 0 Å². The number of nitrogens with zero attached hydrogens (tertiary/aromatic N) is 1. The van der Waals surface area contributed by atoms with Crippen LogP contribution in [0, 0.1) is 0 Å². The summed E-state index contributed by atoms with van der Waals surface area (Å²) in [7, 11) is 0. The van der Waals surface area contributed by atoms with Gasteiger partial charge in [0, 0.05) is 16.3 Å². The molecule has 0 atom stereocenters. The summed E-state index contributed by atoms with van der Waals surface area (Å²) in [4.78, 5) is 0. The molecular formula is C56H35N. The van der Waals surface area contributed by atoms with E-state index in [0.717, 1.165) is 0 Å². The molecule has 1 heteroatoms. The minimum Gasteiger partial charge on any atom is -0.309 e. The van der Waals surface area contributed by atoms with Crippen LogP contribution in [-0.4, -0.2) is 4.57 Å². The summed E-state index contributed by atoms with van der Waals surface area (Å²) in [5.41, 5.74) is 21.1. The summed E-state index contributed by atoms with van der Waals surface area (Å²) in [6.07, 6.45) is 0. The van der Waals surface area contributed by atoms with Crippen molar-refractivity contribution in [3.05, 3.63) is 257 Å². The number of rotatable bonds is 2. The van der Waals surface area contributed by atoms with Gasteiger partial charge in [0.05, 0.1) is 27.6 Å². The van der Waals surface area contributed by atoms with Crippen molar-refractivity contribution >= 4 is 21.8 Å². The molecule has 0 radical (unpaired) electrons. The van der Waals surface area contributed by atoms with Crippen LogP contribution in [0.5, 0.6) is 0 Å². The molecule has 0 N–H and O–H groups in total. The highest BCUT2D eigenvalue weighted by atomic mass is 15.0. The van der Waals surface area contributed by atoms with E-state index in [1.807, 2.05) is 0 Å². The first-order valence-corrected chi connectivity index (χ1v) is 20.0. The Morgan fingerprint density at radius 2 is 0.684 bits per heavy atom. The first kappa shape index (κ1) is 31.0. The SMILES string of the molecule is c1ccc(-c2ccccc2-n2c3ccccc3c3cc4c(cc32)C2(c3ccccc3-4)c3ccccc3C3(c4ccccc4-c4ccccc43)c3ccccc32)cc1. The van der Waals surface area contributed by atoms with Crippen molar-refractivity contribution in [1.82, 2.24) is 4.57 Å². The zero-order valence-electron chi connectivity index (χ0n) is 31.2. The number of hydrogen-bond acceptors (Lipinski definition) is 0. The fraction of sp³-hybridized carbons (Fsp3) is 0.0357. The molecule has 0 fully saturated rings. The van der Waals surface area contributed by atoms with Crippen molar-refractivity contribution in [3.8, 4) is 39.1 Å². The molecule has 0 bridgehead atoms. The third-order valence-electron chi connectivity index (χ3n) is 13.5. The van der Waals surface area contributed by atoms with E-state index in [-0.39, 0.29) is 0 Å². The predicted molar refractivity (Wildman–Crippen MR) is 234 cm³/mol. The first-order chi connectivity index (χ1) is 28.3. The summed E-state index contributed by atoms with van der Waals surface area (Å²) in [5, 5.41) is 2.53. The van der Waals surface area contributed by atoms with Crippen molar-refractivity contribution in [2.24, 2.45) is 0 Å². The molecule has 0 unspecified atom stereocenters. The van der Waals surface area contributed by atoms with Crippen LogP contribution >= 0.6 is 0 Å². The Hall–Kier alpha value is -7.22. The largest absolute Gasteiger partial charge is 0.309 e. The predicted octanol–water partition coefficient (Wildman–Crippen LogP) is 13.5. The van der Waals surface area contributed by atoms with Crippen molar-refractivity contribution in [1.29, 1.82) is 0 Å². The van der Waals surface area contributed by atoms with E-state index in [4.69, 9.17) is 0 Å². The normalized spacial score (nSPS) is 14.6. The monoisotopic (exact) mass is 721 g/mol. The van der Waals surface area contributed by atoms with Gasteiger partial charge in [0.25, 0.3) is 0 Å². The Kier molecular flexibility index (Phi) is 6.09. The summed E-state index contributed by atoms with van der Waals surface area (Å²) < 4.78 is 2.52. The molecule has 264 valence electrons. The van der Waals surface area contributed by atoms with Gasteiger partial charge in [0.1, 0.15) is 0 Å². The van der Waals surface area contributed by atoms with E-state index in [1.54, 1.807) is 0 Å². The molecule has 13 rings (SSSR count). The lowest BCUT2D eigenvalue weighted by molar-refractivity contribution is 0.633. The van der Waals surface area contributed by atoms with Gasteiger partial charge >= 0.3 is 0 Å². The second kappa shape index (κ2) is 11.2. The van der Waals surface area contributed by atoms with E-state index in [9.17, 15) is 0 Å². The van der Waals surface area contributed by atoms with Gasteiger partial charge in [-0.25, -0.2) is 0 Å². The zero-order chi connectivity index (χ0) is 37.3. The zero-order valence-corrected chi connectivity index (χ0v) is 31.2.